The maximum absolute atomic E-state index is 5.78. The Morgan fingerprint density at radius 2 is 1.94 bits per heavy atom. The maximum Gasteiger partial charge on any atom is 0.0846 e. The third-order valence-electron chi connectivity index (χ3n) is 4.95. The van der Waals surface area contributed by atoms with E-state index in [0.717, 1.165) is 44.4 Å². The number of methoxy groups -OCH3 is 1. The van der Waals surface area contributed by atoms with Gasteiger partial charge < -0.3 is 14.8 Å². The summed E-state index contributed by atoms with van der Waals surface area (Å²) in [6.45, 7) is 7.43. The van der Waals surface area contributed by atoms with Gasteiger partial charge in [-0.3, -0.25) is 0 Å². The molecule has 1 N–H and O–H groups in total. The highest BCUT2D eigenvalue weighted by Gasteiger charge is 2.34. The predicted octanol–water partition coefficient (Wildman–Crippen LogP) is 2.60. The minimum Gasteiger partial charge on any atom is -0.381 e. The molecular formula is C15H29NO2. The van der Waals surface area contributed by atoms with Crippen LogP contribution in [0.25, 0.3) is 0 Å². The van der Waals surface area contributed by atoms with Crippen LogP contribution < -0.4 is 5.32 Å². The van der Waals surface area contributed by atoms with E-state index in [0.29, 0.717) is 6.04 Å². The van der Waals surface area contributed by atoms with Gasteiger partial charge in [-0.2, -0.15) is 0 Å². The second-order valence-corrected chi connectivity index (χ2v) is 6.38. The fourth-order valence-electron chi connectivity index (χ4n) is 3.48. The molecule has 1 aliphatic carbocycles. The molecule has 3 atom stereocenters. The van der Waals surface area contributed by atoms with Crippen molar-refractivity contribution in [3.8, 4) is 0 Å². The van der Waals surface area contributed by atoms with Gasteiger partial charge in [0.15, 0.2) is 0 Å². The molecule has 1 heterocycles. The number of rotatable bonds is 4. The molecule has 1 saturated heterocycles. The van der Waals surface area contributed by atoms with Crippen molar-refractivity contribution in [1.29, 1.82) is 0 Å². The Kier molecular flexibility index (Phi) is 5.05. The zero-order valence-corrected chi connectivity index (χ0v) is 12.2. The van der Waals surface area contributed by atoms with Crippen molar-refractivity contribution in [2.24, 2.45) is 11.8 Å². The average Bonchev–Trinajstić information content (AvgIpc) is 2.39. The highest BCUT2D eigenvalue weighted by atomic mass is 16.5. The van der Waals surface area contributed by atoms with Gasteiger partial charge >= 0.3 is 0 Å². The van der Waals surface area contributed by atoms with Crippen molar-refractivity contribution in [2.75, 3.05) is 26.9 Å². The Morgan fingerprint density at radius 3 is 2.56 bits per heavy atom. The Bertz CT molecular complexity index is 251. The smallest absolute Gasteiger partial charge is 0.0846 e. The van der Waals surface area contributed by atoms with Gasteiger partial charge in [-0.15, -0.1) is 0 Å². The molecular weight excluding hydrogens is 226 g/mol. The monoisotopic (exact) mass is 255 g/mol. The molecule has 0 aromatic rings. The molecule has 0 radical (unpaired) electrons. The van der Waals surface area contributed by atoms with Crippen LogP contribution in [-0.2, 0) is 9.47 Å². The van der Waals surface area contributed by atoms with Gasteiger partial charge in [-0.25, -0.2) is 0 Å². The third kappa shape index (κ3) is 3.46. The zero-order valence-electron chi connectivity index (χ0n) is 12.2. The molecule has 18 heavy (non-hydrogen) atoms. The van der Waals surface area contributed by atoms with Gasteiger partial charge in [0.25, 0.3) is 0 Å². The summed E-state index contributed by atoms with van der Waals surface area (Å²) in [5, 5.41) is 3.77. The molecule has 2 aliphatic rings. The fraction of sp³-hybridized carbons (Fsp3) is 1.00. The molecule has 1 aliphatic heterocycles. The minimum absolute atomic E-state index is 0.0149. The molecule has 0 aromatic heterocycles. The van der Waals surface area contributed by atoms with Crippen LogP contribution in [-0.4, -0.2) is 38.5 Å². The maximum atomic E-state index is 5.78. The highest BCUT2D eigenvalue weighted by molar-refractivity contribution is 4.89. The SMILES string of the molecule is COC1(CN[C@@H]2CC[C@H](C)C[C@@H]2C)CCOCC1. The number of hydrogen-bond donors (Lipinski definition) is 1. The van der Waals surface area contributed by atoms with Crippen molar-refractivity contribution in [3.63, 3.8) is 0 Å². The average molecular weight is 255 g/mol. The Morgan fingerprint density at radius 1 is 1.22 bits per heavy atom. The van der Waals surface area contributed by atoms with E-state index in [-0.39, 0.29) is 5.60 Å². The molecule has 2 fully saturated rings. The molecule has 3 nitrogen and oxygen atoms in total. The van der Waals surface area contributed by atoms with Crippen LogP contribution >= 0.6 is 0 Å². The van der Waals surface area contributed by atoms with E-state index < -0.39 is 0 Å². The summed E-state index contributed by atoms with van der Waals surface area (Å²) >= 11 is 0. The Labute approximate surface area is 112 Å². The molecule has 0 amide bonds. The molecule has 0 unspecified atom stereocenters. The van der Waals surface area contributed by atoms with Crippen LogP contribution in [0, 0.1) is 11.8 Å². The van der Waals surface area contributed by atoms with Gasteiger partial charge in [0.1, 0.15) is 0 Å². The summed E-state index contributed by atoms with van der Waals surface area (Å²) in [5.41, 5.74) is 0.0149. The zero-order chi connectivity index (χ0) is 13.0. The van der Waals surface area contributed by atoms with E-state index in [1.165, 1.54) is 19.3 Å². The van der Waals surface area contributed by atoms with E-state index in [4.69, 9.17) is 9.47 Å². The van der Waals surface area contributed by atoms with E-state index in [9.17, 15) is 0 Å². The Balaban J connectivity index is 1.82. The van der Waals surface area contributed by atoms with Crippen molar-refractivity contribution in [3.05, 3.63) is 0 Å². The van der Waals surface area contributed by atoms with Crippen LogP contribution in [0.1, 0.15) is 46.0 Å². The summed E-state index contributed by atoms with van der Waals surface area (Å²) in [5.74, 6) is 1.69. The van der Waals surface area contributed by atoms with E-state index >= 15 is 0 Å². The lowest BCUT2D eigenvalue weighted by molar-refractivity contribution is -0.0897. The second kappa shape index (κ2) is 6.36. The molecule has 0 spiro atoms. The molecule has 106 valence electrons. The first-order valence-electron chi connectivity index (χ1n) is 7.51. The van der Waals surface area contributed by atoms with Crippen LogP contribution in [0.3, 0.4) is 0 Å². The summed E-state index contributed by atoms with van der Waals surface area (Å²) < 4.78 is 11.2. The standard InChI is InChI=1S/C15H29NO2/c1-12-4-5-14(13(2)10-12)16-11-15(17-3)6-8-18-9-7-15/h12-14,16H,4-11H2,1-3H3/t12-,13-,14+/m0/s1. The van der Waals surface area contributed by atoms with E-state index in [2.05, 4.69) is 19.2 Å². The van der Waals surface area contributed by atoms with Crippen LogP contribution in [0.2, 0.25) is 0 Å². The minimum atomic E-state index is 0.0149. The summed E-state index contributed by atoms with van der Waals surface area (Å²) in [4.78, 5) is 0. The summed E-state index contributed by atoms with van der Waals surface area (Å²) in [6.07, 6.45) is 6.09. The molecule has 1 saturated carbocycles. The van der Waals surface area contributed by atoms with Gasteiger partial charge in [0.05, 0.1) is 5.60 Å². The van der Waals surface area contributed by atoms with Crippen LogP contribution in [0.5, 0.6) is 0 Å². The quantitative estimate of drug-likeness (QED) is 0.837. The van der Waals surface area contributed by atoms with Gasteiger partial charge in [-0.05, 0) is 31.1 Å². The Hall–Kier alpha value is -0.120. The van der Waals surface area contributed by atoms with Gasteiger partial charge in [0.2, 0.25) is 0 Å². The number of ether oxygens (including phenoxy) is 2. The first-order chi connectivity index (χ1) is 8.65. The second-order valence-electron chi connectivity index (χ2n) is 6.38. The molecule has 2 rings (SSSR count). The first-order valence-corrected chi connectivity index (χ1v) is 7.51. The normalized spacial score (nSPS) is 36.5. The van der Waals surface area contributed by atoms with E-state index in [1.807, 2.05) is 7.11 Å². The lowest BCUT2D eigenvalue weighted by Crippen LogP contribution is -2.51. The van der Waals surface area contributed by atoms with E-state index in [1.54, 1.807) is 0 Å². The molecule has 0 aromatic carbocycles. The summed E-state index contributed by atoms with van der Waals surface area (Å²) in [6, 6.07) is 0.677. The van der Waals surface area contributed by atoms with Gasteiger partial charge in [-0.1, -0.05) is 13.8 Å². The largest absolute Gasteiger partial charge is 0.381 e. The third-order valence-corrected chi connectivity index (χ3v) is 4.95. The van der Waals surface area contributed by atoms with Crippen molar-refractivity contribution >= 4 is 0 Å². The fourth-order valence-corrected chi connectivity index (χ4v) is 3.48. The van der Waals surface area contributed by atoms with Crippen LogP contribution in [0.15, 0.2) is 0 Å². The first kappa shape index (κ1) is 14.3. The molecule has 3 heteroatoms. The number of nitrogens with one attached hydrogen (secondary N) is 1. The van der Waals surface area contributed by atoms with Crippen molar-refractivity contribution in [2.45, 2.75) is 57.6 Å². The van der Waals surface area contributed by atoms with Crippen LogP contribution in [0.4, 0.5) is 0 Å². The summed E-state index contributed by atoms with van der Waals surface area (Å²) in [7, 11) is 1.85. The van der Waals surface area contributed by atoms with Crippen molar-refractivity contribution < 1.29 is 9.47 Å². The van der Waals surface area contributed by atoms with Gasteiger partial charge in [0, 0.05) is 45.8 Å². The predicted molar refractivity (Wildman–Crippen MR) is 73.8 cm³/mol. The lowest BCUT2D eigenvalue weighted by Gasteiger charge is -2.40. The number of hydrogen-bond acceptors (Lipinski definition) is 3. The topological polar surface area (TPSA) is 30.5 Å². The highest BCUT2D eigenvalue weighted by Crippen LogP contribution is 2.30. The molecule has 0 bridgehead atoms. The van der Waals surface area contributed by atoms with Crippen molar-refractivity contribution in [1.82, 2.24) is 5.32 Å². The lowest BCUT2D eigenvalue weighted by atomic mass is 9.79.